The average Bonchev–Trinajstić information content (AvgIpc) is 2.58. The van der Waals surface area contributed by atoms with Gasteiger partial charge in [0, 0.05) is 11.5 Å². The van der Waals surface area contributed by atoms with Gasteiger partial charge in [-0.2, -0.15) is 11.8 Å². The molecule has 1 aliphatic heterocycles. The van der Waals surface area contributed by atoms with Crippen LogP contribution in [0.4, 0.5) is 0 Å². The second-order valence-electron chi connectivity index (χ2n) is 5.68. The van der Waals surface area contributed by atoms with Crippen molar-refractivity contribution in [2.24, 2.45) is 0 Å². The first-order chi connectivity index (χ1) is 11.9. The third-order valence-corrected chi connectivity index (χ3v) is 6.38. The highest BCUT2D eigenvalue weighted by atomic mass is 35.5. The Kier molecular flexibility index (Phi) is 6.43. The number of halogens is 4. The van der Waals surface area contributed by atoms with Crippen LogP contribution in [0.1, 0.15) is 11.1 Å². The number of aliphatic hydroxyl groups excluding tert-OH is 1. The molecule has 25 heavy (non-hydrogen) atoms. The maximum atomic E-state index is 10.7. The van der Waals surface area contributed by atoms with Crippen LogP contribution in [0.25, 0.3) is 12.2 Å². The number of thioether (sulfide) groups is 1. The Morgan fingerprint density at radius 3 is 1.60 bits per heavy atom. The SMILES string of the molecule is OC1/C(=C/c2ccc(Cl)c(Cl)c2)CSC/C1=C/c1ccc(Cl)c(Cl)c1. The molecule has 2 aromatic rings. The first-order valence-corrected chi connectivity index (χ1v) is 10.2. The fourth-order valence-corrected chi connectivity index (χ4v) is 4.23. The molecule has 0 spiro atoms. The van der Waals surface area contributed by atoms with Crippen LogP contribution < -0.4 is 0 Å². The Morgan fingerprint density at radius 2 is 1.20 bits per heavy atom. The molecule has 130 valence electrons. The molecule has 2 aromatic carbocycles. The van der Waals surface area contributed by atoms with Crippen molar-refractivity contribution in [2.45, 2.75) is 6.10 Å². The van der Waals surface area contributed by atoms with Gasteiger partial charge in [-0.25, -0.2) is 0 Å². The first-order valence-electron chi connectivity index (χ1n) is 7.51. The van der Waals surface area contributed by atoms with Crippen LogP contribution in [0, 0.1) is 0 Å². The summed E-state index contributed by atoms with van der Waals surface area (Å²) in [5.41, 5.74) is 3.70. The van der Waals surface area contributed by atoms with Gasteiger partial charge < -0.3 is 5.11 Å². The van der Waals surface area contributed by atoms with Crippen LogP contribution in [-0.4, -0.2) is 22.7 Å². The molecule has 0 saturated carbocycles. The summed E-state index contributed by atoms with van der Waals surface area (Å²) in [5, 5.41) is 12.8. The van der Waals surface area contributed by atoms with Crippen molar-refractivity contribution in [3.63, 3.8) is 0 Å². The van der Waals surface area contributed by atoms with Crippen molar-refractivity contribution in [3.8, 4) is 0 Å². The minimum Gasteiger partial charge on any atom is -0.384 e. The minimum absolute atomic E-state index is 0.501. The Hall–Kier alpha value is -0.610. The zero-order chi connectivity index (χ0) is 18.0. The number of aliphatic hydroxyl groups is 1. The Balaban J connectivity index is 1.88. The lowest BCUT2D eigenvalue weighted by molar-refractivity contribution is 0.249. The fraction of sp³-hybridized carbons (Fsp3) is 0.158. The predicted molar refractivity (Wildman–Crippen MR) is 112 cm³/mol. The maximum absolute atomic E-state index is 10.7. The molecule has 0 aliphatic carbocycles. The van der Waals surface area contributed by atoms with Gasteiger partial charge in [-0.05, 0) is 46.5 Å². The van der Waals surface area contributed by atoms with Crippen molar-refractivity contribution >= 4 is 70.3 Å². The lowest BCUT2D eigenvalue weighted by Crippen LogP contribution is -2.21. The zero-order valence-corrected chi connectivity index (χ0v) is 16.8. The number of rotatable bonds is 2. The van der Waals surface area contributed by atoms with Crippen molar-refractivity contribution in [1.82, 2.24) is 0 Å². The van der Waals surface area contributed by atoms with Crippen LogP contribution in [0.5, 0.6) is 0 Å². The molecule has 6 heteroatoms. The minimum atomic E-state index is -0.634. The third-order valence-electron chi connectivity index (χ3n) is 3.83. The Bertz CT molecular complexity index is 791. The molecule has 1 heterocycles. The van der Waals surface area contributed by atoms with E-state index in [-0.39, 0.29) is 0 Å². The van der Waals surface area contributed by atoms with Crippen molar-refractivity contribution in [3.05, 3.63) is 78.8 Å². The van der Waals surface area contributed by atoms with Crippen LogP contribution in [0.3, 0.4) is 0 Å². The molecule has 1 atom stereocenters. The van der Waals surface area contributed by atoms with Crippen molar-refractivity contribution in [1.29, 1.82) is 0 Å². The second-order valence-corrected chi connectivity index (χ2v) is 8.30. The van der Waals surface area contributed by atoms with Gasteiger partial charge in [-0.3, -0.25) is 0 Å². The van der Waals surface area contributed by atoms with E-state index in [9.17, 15) is 5.11 Å². The van der Waals surface area contributed by atoms with E-state index in [0.29, 0.717) is 20.1 Å². The quantitative estimate of drug-likeness (QED) is 0.559. The molecule has 1 fully saturated rings. The molecule has 3 rings (SSSR count). The summed E-state index contributed by atoms with van der Waals surface area (Å²) in [6.45, 7) is 0. The Morgan fingerprint density at radius 1 is 0.760 bits per heavy atom. The highest BCUT2D eigenvalue weighted by molar-refractivity contribution is 7.99. The molecule has 0 amide bonds. The van der Waals surface area contributed by atoms with Gasteiger partial charge in [0.15, 0.2) is 0 Å². The van der Waals surface area contributed by atoms with Crippen molar-refractivity contribution < 1.29 is 5.11 Å². The smallest absolute Gasteiger partial charge is 0.0983 e. The van der Waals surface area contributed by atoms with Gasteiger partial charge in [-0.15, -0.1) is 0 Å². The first kappa shape index (κ1) is 19.2. The van der Waals surface area contributed by atoms with Gasteiger partial charge in [-0.1, -0.05) is 70.7 Å². The van der Waals surface area contributed by atoms with Crippen LogP contribution >= 0.6 is 58.2 Å². The summed E-state index contributed by atoms with van der Waals surface area (Å²) in [5.74, 6) is 1.53. The van der Waals surface area contributed by atoms with E-state index in [1.165, 1.54) is 0 Å². The Labute approximate surface area is 171 Å². The summed E-state index contributed by atoms with van der Waals surface area (Å²) in [7, 11) is 0. The predicted octanol–water partition coefficient (Wildman–Crippen LogP) is 6.87. The fourth-order valence-electron chi connectivity index (χ4n) is 2.56. The highest BCUT2D eigenvalue weighted by Crippen LogP contribution is 2.32. The van der Waals surface area contributed by atoms with Crippen LogP contribution in [0.15, 0.2) is 47.5 Å². The highest BCUT2D eigenvalue weighted by Gasteiger charge is 2.21. The largest absolute Gasteiger partial charge is 0.384 e. The van der Waals surface area contributed by atoms with Gasteiger partial charge in [0.05, 0.1) is 26.2 Å². The van der Waals surface area contributed by atoms with Crippen molar-refractivity contribution in [2.75, 3.05) is 11.5 Å². The number of benzene rings is 2. The van der Waals surface area contributed by atoms with Gasteiger partial charge >= 0.3 is 0 Å². The van der Waals surface area contributed by atoms with Crippen LogP contribution in [-0.2, 0) is 0 Å². The van der Waals surface area contributed by atoms with E-state index in [0.717, 1.165) is 33.8 Å². The zero-order valence-electron chi connectivity index (χ0n) is 13.0. The monoisotopic (exact) mass is 430 g/mol. The summed E-state index contributed by atoms with van der Waals surface area (Å²) in [6, 6.07) is 10.9. The molecular weight excluding hydrogens is 418 g/mol. The molecule has 1 unspecified atom stereocenters. The van der Waals surface area contributed by atoms with E-state index in [1.54, 1.807) is 36.0 Å². The molecular formula is C19H14Cl4OS. The molecule has 0 bridgehead atoms. The number of hydrogen-bond acceptors (Lipinski definition) is 2. The molecule has 1 aliphatic rings. The van der Waals surface area contributed by atoms with E-state index in [1.807, 2.05) is 24.3 Å². The molecule has 0 radical (unpaired) electrons. The third kappa shape index (κ3) is 4.77. The number of hydrogen-bond donors (Lipinski definition) is 1. The maximum Gasteiger partial charge on any atom is 0.0983 e. The molecule has 1 N–H and O–H groups in total. The standard InChI is InChI=1S/C19H14Cl4OS/c20-15-3-1-11(7-17(15)22)5-13-9-25-10-14(19(13)24)6-12-2-4-16(21)18(23)8-12/h1-8,19,24H,9-10H2/b13-5-,14-6+. The summed E-state index contributed by atoms with van der Waals surface area (Å²) in [6.07, 6.45) is 3.29. The molecule has 1 saturated heterocycles. The van der Waals surface area contributed by atoms with E-state index < -0.39 is 6.10 Å². The van der Waals surface area contributed by atoms with Gasteiger partial charge in [0.25, 0.3) is 0 Å². The molecule has 1 nitrogen and oxygen atoms in total. The lowest BCUT2D eigenvalue weighted by atomic mass is 9.99. The van der Waals surface area contributed by atoms with Crippen LogP contribution in [0.2, 0.25) is 20.1 Å². The summed E-state index contributed by atoms with van der Waals surface area (Å²) in [4.78, 5) is 0. The summed E-state index contributed by atoms with van der Waals surface area (Å²) >= 11 is 25.8. The van der Waals surface area contributed by atoms with E-state index in [4.69, 9.17) is 46.4 Å². The average molecular weight is 432 g/mol. The summed E-state index contributed by atoms with van der Waals surface area (Å²) < 4.78 is 0. The second kappa shape index (κ2) is 8.39. The van der Waals surface area contributed by atoms with Gasteiger partial charge in [0.2, 0.25) is 0 Å². The lowest BCUT2D eigenvalue weighted by Gasteiger charge is -2.24. The molecule has 0 aromatic heterocycles. The normalized spacial score (nSPS) is 21.1. The topological polar surface area (TPSA) is 20.2 Å². The van der Waals surface area contributed by atoms with E-state index in [2.05, 4.69) is 0 Å². The van der Waals surface area contributed by atoms with Gasteiger partial charge in [0.1, 0.15) is 0 Å². The van der Waals surface area contributed by atoms with E-state index >= 15 is 0 Å².